The maximum absolute atomic E-state index is 13.0. The van der Waals surface area contributed by atoms with Crippen molar-refractivity contribution in [2.45, 2.75) is 42.1 Å². The molecule has 0 atom stereocenters. The second-order valence-corrected chi connectivity index (χ2v) is 11.8. The molecule has 0 aliphatic heterocycles. The minimum Gasteiger partial charge on any atom is -0.382 e. The van der Waals surface area contributed by atoms with Gasteiger partial charge in [-0.3, -0.25) is 10.2 Å². The Morgan fingerprint density at radius 2 is 1.88 bits per heavy atom. The number of nitrogen functional groups attached to an aromatic ring is 1. The lowest BCUT2D eigenvalue weighted by Gasteiger charge is -2.38. The Bertz CT molecular complexity index is 1630. The number of hydrogen-bond acceptors (Lipinski definition) is 10. The molecular weight excluding hydrogens is 536 g/mol. The van der Waals surface area contributed by atoms with Gasteiger partial charge in [0.05, 0.1) is 37.0 Å². The quantitative estimate of drug-likeness (QED) is 0.116. The van der Waals surface area contributed by atoms with Crippen LogP contribution < -0.4 is 17.0 Å². The number of benzene rings is 1. The highest BCUT2D eigenvalue weighted by Gasteiger charge is 2.44. The van der Waals surface area contributed by atoms with E-state index in [2.05, 4.69) is 15.6 Å². The van der Waals surface area contributed by atoms with Gasteiger partial charge in [-0.1, -0.05) is 18.2 Å². The number of rotatable bonds is 9. The molecule has 0 saturated heterocycles. The molecule has 0 bridgehead atoms. The van der Waals surface area contributed by atoms with Gasteiger partial charge in [-0.05, 0) is 37.8 Å². The number of aromatic nitrogens is 5. The monoisotopic (exact) mass is 568 g/mol. The van der Waals surface area contributed by atoms with Gasteiger partial charge in [0.15, 0.2) is 15.5 Å². The number of sulfone groups is 1. The third kappa shape index (κ3) is 5.06. The summed E-state index contributed by atoms with van der Waals surface area (Å²) >= 11 is 0. The smallest absolute Gasteiger partial charge is 0.266 e. The van der Waals surface area contributed by atoms with Gasteiger partial charge >= 0.3 is 0 Å². The third-order valence-corrected chi connectivity index (χ3v) is 8.50. The highest BCUT2D eigenvalue weighted by molar-refractivity contribution is 7.91. The van der Waals surface area contributed by atoms with Crippen molar-refractivity contribution in [1.29, 1.82) is 0 Å². The zero-order valence-electron chi connectivity index (χ0n) is 22.3. The van der Waals surface area contributed by atoms with Crippen LogP contribution in [0, 0.1) is 0 Å². The SMILES string of the molecule is COCCO[C@]1(C(=O)NN)CC[C@@H](c2nc3c(-c4cnn(-c5ccccc5)c4)cnn3c(N)c2S(C)(=O)=O)CC1. The van der Waals surface area contributed by atoms with E-state index < -0.39 is 21.3 Å². The van der Waals surface area contributed by atoms with Gasteiger partial charge in [-0.15, -0.1) is 0 Å². The standard InChI is InChI=1S/C26H32N8O5S/c1-38-12-13-39-26(25(35)32-28)10-8-17(9-11-26)21-22(40(2,36)37)23(27)34-24(31-21)20(15-30-34)18-14-29-33(16-18)19-6-4-3-5-7-19/h3-7,14-17H,8-13,27-28H2,1-2H3,(H,32,35)/t17-,26-. The molecule has 5 rings (SSSR count). The molecule has 0 radical (unpaired) electrons. The maximum Gasteiger partial charge on any atom is 0.266 e. The minimum absolute atomic E-state index is 0.0166. The molecule has 1 aliphatic carbocycles. The lowest BCUT2D eigenvalue weighted by Crippen LogP contribution is -2.53. The number of nitrogens with two attached hydrogens (primary N) is 2. The van der Waals surface area contributed by atoms with Crippen LogP contribution in [0.5, 0.6) is 0 Å². The highest BCUT2D eigenvalue weighted by atomic mass is 32.2. The lowest BCUT2D eigenvalue weighted by atomic mass is 9.76. The van der Waals surface area contributed by atoms with E-state index in [1.165, 1.54) is 4.52 Å². The van der Waals surface area contributed by atoms with Gasteiger partial charge in [0.2, 0.25) is 0 Å². The number of amides is 1. The van der Waals surface area contributed by atoms with Crippen molar-refractivity contribution in [2.75, 3.05) is 32.3 Å². The summed E-state index contributed by atoms with van der Waals surface area (Å²) in [4.78, 5) is 17.5. The number of hydrogen-bond donors (Lipinski definition) is 3. The van der Waals surface area contributed by atoms with E-state index in [0.717, 1.165) is 17.5 Å². The van der Waals surface area contributed by atoms with Gasteiger partial charge in [0.1, 0.15) is 16.3 Å². The van der Waals surface area contributed by atoms with Crippen LogP contribution in [-0.4, -0.2) is 70.9 Å². The van der Waals surface area contributed by atoms with E-state index in [4.69, 9.17) is 26.0 Å². The third-order valence-electron chi connectivity index (χ3n) is 7.34. The minimum atomic E-state index is -3.77. The van der Waals surface area contributed by atoms with Crippen LogP contribution in [0.25, 0.3) is 22.5 Å². The zero-order chi connectivity index (χ0) is 28.5. The van der Waals surface area contributed by atoms with Crippen LogP contribution in [0.4, 0.5) is 5.82 Å². The summed E-state index contributed by atoms with van der Waals surface area (Å²) in [5.74, 6) is 4.72. The average molecular weight is 569 g/mol. The van der Waals surface area contributed by atoms with Gasteiger partial charge in [0.25, 0.3) is 5.91 Å². The molecule has 1 aliphatic rings. The van der Waals surface area contributed by atoms with Crippen molar-refractivity contribution in [3.05, 3.63) is 54.6 Å². The highest BCUT2D eigenvalue weighted by Crippen LogP contribution is 2.43. The summed E-state index contributed by atoms with van der Waals surface area (Å²) in [5.41, 5.74) is 10.6. The molecule has 0 unspecified atom stereocenters. The molecular formula is C26H32N8O5S. The number of hydrazine groups is 1. The molecule has 0 spiro atoms. The zero-order valence-corrected chi connectivity index (χ0v) is 23.1. The van der Waals surface area contributed by atoms with Gasteiger partial charge in [-0.2, -0.15) is 14.7 Å². The number of carbonyl (C=O) groups is 1. The largest absolute Gasteiger partial charge is 0.382 e. The fourth-order valence-electron chi connectivity index (χ4n) is 5.31. The number of nitrogens with zero attached hydrogens (tertiary/aromatic N) is 5. The summed E-state index contributed by atoms with van der Waals surface area (Å²) in [6.07, 6.45) is 7.75. The van der Waals surface area contributed by atoms with Crippen LogP contribution in [-0.2, 0) is 24.1 Å². The van der Waals surface area contributed by atoms with Crippen LogP contribution in [0.3, 0.4) is 0 Å². The summed E-state index contributed by atoms with van der Waals surface area (Å²) < 4.78 is 40.0. The summed E-state index contributed by atoms with van der Waals surface area (Å²) in [7, 11) is -2.22. The van der Waals surface area contributed by atoms with E-state index in [1.807, 2.05) is 36.5 Å². The van der Waals surface area contributed by atoms with Crippen molar-refractivity contribution in [2.24, 2.45) is 5.84 Å². The Kier molecular flexibility index (Phi) is 7.59. The number of nitrogens with one attached hydrogen (secondary N) is 1. The number of anilines is 1. The lowest BCUT2D eigenvalue weighted by molar-refractivity contribution is -0.154. The van der Waals surface area contributed by atoms with Crippen molar-refractivity contribution in [3.8, 4) is 16.8 Å². The van der Waals surface area contributed by atoms with E-state index in [1.54, 1.807) is 24.2 Å². The molecule has 1 aromatic carbocycles. The molecule has 3 heterocycles. The molecule has 3 aromatic heterocycles. The fraction of sp³-hybridized carbons (Fsp3) is 0.385. The second kappa shape index (κ2) is 11.0. The molecule has 4 aromatic rings. The topological polar surface area (TPSA) is 182 Å². The predicted molar refractivity (Wildman–Crippen MR) is 147 cm³/mol. The molecule has 40 heavy (non-hydrogen) atoms. The van der Waals surface area contributed by atoms with Gasteiger partial charge in [0, 0.05) is 36.6 Å². The molecule has 14 heteroatoms. The van der Waals surface area contributed by atoms with Crippen molar-refractivity contribution in [1.82, 2.24) is 29.8 Å². The number of ether oxygens (including phenoxy) is 2. The molecule has 1 fully saturated rings. The number of fused-ring (bicyclic) bond motifs is 1. The predicted octanol–water partition coefficient (Wildman–Crippen LogP) is 1.62. The summed E-state index contributed by atoms with van der Waals surface area (Å²) in [6.45, 7) is 0.539. The van der Waals surface area contributed by atoms with Crippen molar-refractivity contribution >= 4 is 27.2 Å². The Hall–Kier alpha value is -3.85. The number of carbonyl (C=O) groups excluding carboxylic acids is 1. The van der Waals surface area contributed by atoms with Crippen molar-refractivity contribution < 1.29 is 22.7 Å². The Morgan fingerprint density at radius 1 is 1.15 bits per heavy atom. The van der Waals surface area contributed by atoms with Crippen LogP contribution >= 0.6 is 0 Å². The van der Waals surface area contributed by atoms with Gasteiger partial charge in [-0.25, -0.2) is 23.9 Å². The Balaban J connectivity index is 1.54. The molecule has 1 amide bonds. The Morgan fingerprint density at radius 3 is 2.52 bits per heavy atom. The van der Waals surface area contributed by atoms with Gasteiger partial charge < -0.3 is 15.2 Å². The first-order valence-electron chi connectivity index (χ1n) is 12.8. The van der Waals surface area contributed by atoms with Crippen LogP contribution in [0.15, 0.2) is 53.8 Å². The average Bonchev–Trinajstić information content (AvgIpc) is 3.60. The van der Waals surface area contributed by atoms with E-state index in [-0.39, 0.29) is 23.2 Å². The molecule has 5 N–H and O–H groups in total. The first-order chi connectivity index (χ1) is 19.2. The fourth-order valence-corrected chi connectivity index (χ4v) is 6.37. The summed E-state index contributed by atoms with van der Waals surface area (Å²) in [5, 5.41) is 8.83. The number of methoxy groups -OCH3 is 1. The maximum atomic E-state index is 13.0. The summed E-state index contributed by atoms with van der Waals surface area (Å²) in [6, 6.07) is 9.65. The second-order valence-electron chi connectivity index (χ2n) is 9.87. The number of para-hydroxylation sites is 1. The molecule has 1 saturated carbocycles. The first kappa shape index (κ1) is 27.7. The van der Waals surface area contributed by atoms with Crippen LogP contribution in [0.2, 0.25) is 0 Å². The van der Waals surface area contributed by atoms with E-state index in [9.17, 15) is 13.2 Å². The first-order valence-corrected chi connectivity index (χ1v) is 14.7. The van der Waals surface area contributed by atoms with Crippen molar-refractivity contribution in [3.63, 3.8) is 0 Å². The molecule has 212 valence electrons. The van der Waals surface area contributed by atoms with E-state index in [0.29, 0.717) is 49.2 Å². The Labute approximate surface area is 231 Å². The van der Waals surface area contributed by atoms with Crippen LogP contribution in [0.1, 0.15) is 37.3 Å². The normalized spacial score (nSPS) is 19.6. The molecule has 13 nitrogen and oxygen atoms in total. The van der Waals surface area contributed by atoms with E-state index >= 15 is 0 Å².